The van der Waals surface area contributed by atoms with E-state index in [4.69, 9.17) is 76.3 Å². The summed E-state index contributed by atoms with van der Waals surface area (Å²) in [6.45, 7) is 7.17. The van der Waals surface area contributed by atoms with E-state index in [2.05, 4.69) is 10.6 Å². The van der Waals surface area contributed by atoms with Crippen LogP contribution >= 0.6 is 34.5 Å². The number of benzene rings is 5. The number of primary amides is 1. The molecule has 0 spiro atoms. The van der Waals surface area contributed by atoms with Gasteiger partial charge >= 0.3 is 18.2 Å². The zero-order valence-electron chi connectivity index (χ0n) is 66.2. The monoisotopic (exact) mass is 1700 g/mol. The van der Waals surface area contributed by atoms with Gasteiger partial charge in [-0.05, 0) is 63.9 Å². The molecule has 5 aromatic carbocycles. The highest BCUT2D eigenvalue weighted by Crippen LogP contribution is 2.49. The number of aliphatic hydroxyl groups excluding tert-OH is 4. The van der Waals surface area contributed by atoms with E-state index in [1.165, 1.54) is 36.0 Å². The van der Waals surface area contributed by atoms with Crippen LogP contribution in [0, 0.1) is 11.8 Å². The molecule has 32 nitrogen and oxygen atoms in total. The van der Waals surface area contributed by atoms with Gasteiger partial charge < -0.3 is 104 Å². The number of carbonyl (C=O) groups excluding carboxylic acids is 10. The van der Waals surface area contributed by atoms with Crippen LogP contribution in [0.2, 0.25) is 0 Å². The van der Waals surface area contributed by atoms with Gasteiger partial charge in [0.2, 0.25) is 12.2 Å². The predicted octanol–water partition coefficient (Wildman–Crippen LogP) is 6.59. The van der Waals surface area contributed by atoms with Crippen molar-refractivity contribution in [3.8, 4) is 11.5 Å². The minimum Gasteiger partial charge on any atom is -0.461 e. The molecule has 0 radical (unpaired) electrons. The Morgan fingerprint density at radius 3 is 1.64 bits per heavy atom. The smallest absolute Gasteiger partial charge is 0.415 e. The molecular weight excluding hydrogens is 1600 g/mol. The number of amides is 9. The number of fused-ring (bicyclic) bond motifs is 6. The molecule has 8 N–H and O–H groups in total. The third-order valence-corrected chi connectivity index (χ3v) is 22.4. The lowest BCUT2D eigenvalue weighted by atomic mass is 9.88. The summed E-state index contributed by atoms with van der Waals surface area (Å²) in [7, 11) is 3.02. The predicted molar refractivity (Wildman–Crippen MR) is 436 cm³/mol. The Kier molecular flexibility index (Phi) is 34.4. The number of nitrogens with two attached hydrogens (primary N) is 1. The van der Waals surface area contributed by atoms with Crippen molar-refractivity contribution in [3.63, 3.8) is 0 Å². The van der Waals surface area contributed by atoms with Crippen molar-refractivity contribution in [2.75, 3.05) is 161 Å². The molecule has 0 bridgehead atoms. The third kappa shape index (κ3) is 24.0. The minimum absolute atomic E-state index is 0.0146. The first kappa shape index (κ1) is 91.0. The van der Waals surface area contributed by atoms with Crippen LogP contribution in [0.4, 0.5) is 25.8 Å². The summed E-state index contributed by atoms with van der Waals surface area (Å²) in [5.74, 6) is -3.59. The number of aliphatic hydroxyl groups is 4. The van der Waals surface area contributed by atoms with Gasteiger partial charge in [0.05, 0.1) is 120 Å². The Hall–Kier alpha value is -9.30. The number of ketones is 2. The average molecular weight is 1700 g/mol. The van der Waals surface area contributed by atoms with Crippen LogP contribution in [0.5, 0.6) is 11.5 Å². The van der Waals surface area contributed by atoms with Gasteiger partial charge in [0, 0.05) is 131 Å². The van der Waals surface area contributed by atoms with E-state index in [0.29, 0.717) is 103 Å². The zero-order valence-corrected chi connectivity index (χ0v) is 68.5. The fourth-order valence-electron chi connectivity index (χ4n) is 14.0. The van der Waals surface area contributed by atoms with Gasteiger partial charge in [0.15, 0.2) is 5.78 Å². The van der Waals surface area contributed by atoms with E-state index in [-0.39, 0.29) is 172 Å². The number of imide groups is 1. The standard InChI is InChI=1S/C83H102Cl2N8O24S/c1-50(2)60(41-55(95)23-28-108-30-32-110-34-36-112-38-39-113-37-35-111-33-31-109-29-27-91-70(97)21-22-71(91)98)77(102)88-61(14-9-24-87-81(86)105)64(96)40-51-15-17-52(18-16-51)49-114-82(106)89(3)25-26-90(4)83(107)117-66-43-63-73(59-13-8-6-11-57(59)66)54(45-85)47-93(63)79(104)69-20-19-68(118-69)78(103)92-46-53(44-84)72-58-12-7-5-10-56(58)65(42-62(72)92)115-80-76(101)75(100)74(99)67(48-94)116-80/h5-8,10-13,15-22,42-43,50,53-54,60-61,67,74-76,80,94,99-101H,9,14,23-41,44-49H2,1-4H3,(H,88,102)(H3,86,87,105)/t53-,54-,60+,61+,67-,74+,75+,76-,80-/m1/s1. The number of thiophene rings is 1. The quantitative estimate of drug-likeness (QED) is 0.0120. The second kappa shape index (κ2) is 44.7. The van der Waals surface area contributed by atoms with Crippen LogP contribution in [-0.4, -0.2) is 282 Å². The van der Waals surface area contributed by atoms with Gasteiger partial charge in [-0.15, -0.1) is 34.5 Å². The molecule has 10 rings (SSSR count). The summed E-state index contributed by atoms with van der Waals surface area (Å²) in [5.41, 5.74) is 8.94. The number of anilines is 2. The number of rotatable bonds is 46. The maximum absolute atomic E-state index is 14.9. The fourth-order valence-corrected chi connectivity index (χ4v) is 15.4. The molecule has 1 fully saturated rings. The van der Waals surface area contributed by atoms with Gasteiger partial charge in [-0.1, -0.05) is 86.6 Å². The highest BCUT2D eigenvalue weighted by molar-refractivity contribution is 7.16. The van der Waals surface area contributed by atoms with Crippen molar-refractivity contribution in [1.29, 1.82) is 0 Å². The highest BCUT2D eigenvalue weighted by Gasteiger charge is 2.46. The molecule has 0 unspecified atom stereocenters. The summed E-state index contributed by atoms with van der Waals surface area (Å²) in [5, 5.41) is 49.8. The van der Waals surface area contributed by atoms with E-state index in [1.807, 2.05) is 38.1 Å². The zero-order chi connectivity index (χ0) is 84.5. The summed E-state index contributed by atoms with van der Waals surface area (Å²) >= 11 is 14.3. The molecular formula is C83H102Cl2N8O24S. The first-order valence-corrected chi connectivity index (χ1v) is 41.0. The van der Waals surface area contributed by atoms with Crippen molar-refractivity contribution >= 4 is 127 Å². The molecule has 638 valence electrons. The Morgan fingerprint density at radius 1 is 0.627 bits per heavy atom. The maximum atomic E-state index is 14.9. The molecule has 4 aliphatic rings. The number of Topliss-reactive ketones (excluding diaryl/α,β-unsaturated/α-hetero) is 2. The second-order valence-electron chi connectivity index (χ2n) is 29.1. The van der Waals surface area contributed by atoms with Crippen LogP contribution in [-0.2, 0) is 74.9 Å². The maximum Gasteiger partial charge on any atom is 0.415 e. The number of urea groups is 1. The van der Waals surface area contributed by atoms with Gasteiger partial charge in [0.1, 0.15) is 48.3 Å². The molecule has 1 aromatic heterocycles. The fraction of sp³-hybridized carbons (Fsp3) is 0.494. The number of alkyl halides is 2. The average Bonchev–Trinajstić information content (AvgIpc) is 1.58. The normalized spacial score (nSPS) is 18.7. The molecule has 0 saturated carbocycles. The Bertz CT molecular complexity index is 4500. The lowest BCUT2D eigenvalue weighted by Crippen LogP contribution is -2.60. The van der Waals surface area contributed by atoms with E-state index in [0.717, 1.165) is 27.4 Å². The Labute approximate surface area is 696 Å². The van der Waals surface area contributed by atoms with E-state index < -0.39 is 85.2 Å². The number of nitrogens with zero attached hydrogens (tertiary/aromatic N) is 5. The van der Waals surface area contributed by atoms with Crippen LogP contribution in [0.3, 0.4) is 0 Å². The number of carbonyl (C=O) groups is 10. The Morgan fingerprint density at radius 2 is 1.12 bits per heavy atom. The van der Waals surface area contributed by atoms with Crippen LogP contribution in [0.15, 0.2) is 109 Å². The summed E-state index contributed by atoms with van der Waals surface area (Å²) in [4.78, 5) is 140. The van der Waals surface area contributed by atoms with Crippen molar-refractivity contribution in [2.45, 2.75) is 101 Å². The minimum atomic E-state index is -1.70. The van der Waals surface area contributed by atoms with Crippen molar-refractivity contribution in [2.24, 2.45) is 17.6 Å². The lowest BCUT2D eigenvalue weighted by molar-refractivity contribution is -0.277. The molecule has 4 aliphatic heterocycles. The molecule has 118 heavy (non-hydrogen) atoms. The number of halogens is 2. The first-order valence-electron chi connectivity index (χ1n) is 39.1. The van der Waals surface area contributed by atoms with Crippen LogP contribution in [0.1, 0.15) is 93.0 Å². The van der Waals surface area contributed by atoms with Crippen LogP contribution < -0.4 is 35.6 Å². The topological polar surface area (TPSA) is 410 Å². The largest absolute Gasteiger partial charge is 0.461 e. The Balaban J connectivity index is 0.652. The van der Waals surface area contributed by atoms with Gasteiger partial charge in [-0.2, -0.15) is 0 Å². The second-order valence-corrected chi connectivity index (χ2v) is 30.8. The molecule has 0 aliphatic carbocycles. The van der Waals surface area contributed by atoms with Gasteiger partial charge in [-0.3, -0.25) is 38.5 Å². The van der Waals surface area contributed by atoms with E-state index in [9.17, 15) is 68.4 Å². The number of hydrogen-bond acceptors (Lipinski definition) is 25. The van der Waals surface area contributed by atoms with Crippen LogP contribution in [0.25, 0.3) is 21.5 Å². The van der Waals surface area contributed by atoms with Crippen molar-refractivity contribution < 1.29 is 116 Å². The van der Waals surface area contributed by atoms with E-state index in [1.54, 1.807) is 82.6 Å². The molecule has 9 atom stereocenters. The van der Waals surface area contributed by atoms with Crippen molar-refractivity contribution in [1.82, 2.24) is 25.3 Å². The summed E-state index contributed by atoms with van der Waals surface area (Å²) in [6, 6.07) is 26.0. The van der Waals surface area contributed by atoms with Gasteiger partial charge in [-0.25, -0.2) is 14.4 Å². The SMILES string of the molecule is CC(C)[C@H](CC(=O)CCOCCOCCOCCOCCOCCOCCN1C(=O)C=CC1=O)C(=O)N[C@@H](CCCNC(N)=O)C(=O)Cc1ccc(COC(=O)N(C)CCN(C)C(=O)Oc2cc3c(c4ccccc24)[C@H](CCl)CN3C(=O)c2ccc(C(=O)N3C[C@@H](CCl)c4c3cc(O[C@@H]3O[C@H](CO)[C@H](O)[C@H](O)[C@H]3O)c3ccccc43)s2)cc1. The number of hydrogen-bond donors (Lipinski definition) is 7. The van der Waals surface area contributed by atoms with Crippen molar-refractivity contribution in [3.05, 3.63) is 141 Å². The van der Waals surface area contributed by atoms with E-state index >= 15 is 0 Å². The molecule has 1 saturated heterocycles. The number of ether oxygens (including phenoxy) is 10. The third-order valence-electron chi connectivity index (χ3n) is 20.6. The highest BCUT2D eigenvalue weighted by atomic mass is 35.5. The lowest BCUT2D eigenvalue weighted by Gasteiger charge is -2.39. The molecule has 5 heterocycles. The number of likely N-dealkylation sites (N-methyl/N-ethyl adjacent to an activating group) is 2. The first-order chi connectivity index (χ1) is 56.9. The molecule has 35 heteroatoms. The molecule has 9 amide bonds. The number of nitrogens with one attached hydrogen (secondary N) is 2. The van der Waals surface area contributed by atoms with Gasteiger partial charge in [0.25, 0.3) is 23.6 Å². The summed E-state index contributed by atoms with van der Waals surface area (Å²) in [6.07, 6.45) is -6.38. The summed E-state index contributed by atoms with van der Waals surface area (Å²) < 4.78 is 56.7. The molecule has 6 aromatic rings.